The summed E-state index contributed by atoms with van der Waals surface area (Å²) in [5, 5.41) is 0. The topological polar surface area (TPSA) is 0 Å². The van der Waals surface area contributed by atoms with Gasteiger partial charge in [-0.2, -0.15) is 0 Å². The van der Waals surface area contributed by atoms with Gasteiger partial charge in [0.2, 0.25) is 0 Å². The van der Waals surface area contributed by atoms with E-state index in [1.165, 1.54) is 12.0 Å². The zero-order valence-electron chi connectivity index (χ0n) is 6.49. The fraction of sp³-hybridized carbons (Fsp3) is 0.778. The van der Waals surface area contributed by atoms with Crippen molar-refractivity contribution in [3.63, 3.8) is 0 Å². The highest BCUT2D eigenvalue weighted by atomic mass is 14.8. The second-order valence-electron chi connectivity index (χ2n) is 4.12. The van der Waals surface area contributed by atoms with E-state index in [1.54, 1.807) is 0 Å². The molecule has 0 amide bonds. The van der Waals surface area contributed by atoms with Crippen LogP contribution in [0.1, 0.15) is 27.2 Å². The van der Waals surface area contributed by atoms with Crippen LogP contribution >= 0.6 is 0 Å². The summed E-state index contributed by atoms with van der Waals surface area (Å²) in [6.07, 6.45) is 1.28. The third-order valence-corrected chi connectivity index (χ3v) is 4.24. The van der Waals surface area contributed by atoms with Crippen molar-refractivity contribution in [2.75, 3.05) is 0 Å². The SMILES string of the molecule is C=C1CC2(C)C(C)C12C. The smallest absolute Gasteiger partial charge is 0.00280 e. The zero-order chi connectivity index (χ0) is 6.86. The number of hydrogen-bond acceptors (Lipinski definition) is 0. The van der Waals surface area contributed by atoms with Crippen molar-refractivity contribution < 1.29 is 0 Å². The molecule has 2 fully saturated rings. The lowest BCUT2D eigenvalue weighted by Crippen LogP contribution is -2.22. The number of hydrogen-bond donors (Lipinski definition) is 0. The Morgan fingerprint density at radius 3 is 2.11 bits per heavy atom. The summed E-state index contributed by atoms with van der Waals surface area (Å²) in [5.74, 6) is 0.900. The lowest BCUT2D eigenvalue weighted by atomic mass is 9.72. The van der Waals surface area contributed by atoms with Gasteiger partial charge in [-0.1, -0.05) is 32.9 Å². The molecule has 0 radical (unpaired) electrons. The molecule has 50 valence electrons. The maximum absolute atomic E-state index is 4.05. The Morgan fingerprint density at radius 1 is 1.56 bits per heavy atom. The molecule has 0 heterocycles. The molecule has 9 heavy (non-hydrogen) atoms. The lowest BCUT2D eigenvalue weighted by Gasteiger charge is -2.32. The molecule has 0 spiro atoms. The molecule has 0 nitrogen and oxygen atoms in total. The van der Waals surface area contributed by atoms with Crippen LogP contribution in [0.4, 0.5) is 0 Å². The first kappa shape index (κ1) is 5.52. The third kappa shape index (κ3) is 0.288. The Balaban J connectivity index is 2.37. The minimum absolute atomic E-state index is 0.549. The fourth-order valence-corrected chi connectivity index (χ4v) is 2.71. The lowest BCUT2D eigenvalue weighted by molar-refractivity contribution is 0.326. The second-order valence-corrected chi connectivity index (χ2v) is 4.12. The van der Waals surface area contributed by atoms with Gasteiger partial charge >= 0.3 is 0 Å². The van der Waals surface area contributed by atoms with Gasteiger partial charge in [-0.05, 0) is 23.2 Å². The van der Waals surface area contributed by atoms with Gasteiger partial charge in [-0.15, -0.1) is 0 Å². The molecule has 0 aromatic rings. The van der Waals surface area contributed by atoms with Crippen LogP contribution in [0, 0.1) is 16.7 Å². The Morgan fingerprint density at radius 2 is 2.11 bits per heavy atom. The first-order valence-electron chi connectivity index (χ1n) is 3.72. The predicted octanol–water partition coefficient (Wildman–Crippen LogP) is 2.61. The predicted molar refractivity (Wildman–Crippen MR) is 39.1 cm³/mol. The van der Waals surface area contributed by atoms with Gasteiger partial charge < -0.3 is 0 Å². The quantitative estimate of drug-likeness (QED) is 0.433. The Hall–Kier alpha value is -0.260. The molecule has 0 heteroatoms. The van der Waals surface area contributed by atoms with Crippen LogP contribution in [-0.2, 0) is 0 Å². The van der Waals surface area contributed by atoms with E-state index in [-0.39, 0.29) is 0 Å². The molecule has 0 N–H and O–H groups in total. The van der Waals surface area contributed by atoms with Crippen molar-refractivity contribution in [2.24, 2.45) is 16.7 Å². The standard InChI is InChI=1S/C9H14/c1-6-5-8(3)7(2)9(6,8)4/h7H,1,5H2,2-4H3. The molecule has 3 unspecified atom stereocenters. The van der Waals surface area contributed by atoms with E-state index in [9.17, 15) is 0 Å². The average molecular weight is 122 g/mol. The zero-order valence-corrected chi connectivity index (χ0v) is 6.49. The molecule has 3 atom stereocenters. The Kier molecular flexibility index (Phi) is 0.614. The molecule has 0 bridgehead atoms. The monoisotopic (exact) mass is 122 g/mol. The summed E-state index contributed by atoms with van der Waals surface area (Å²) >= 11 is 0. The third-order valence-electron chi connectivity index (χ3n) is 4.24. The van der Waals surface area contributed by atoms with Gasteiger partial charge in [-0.25, -0.2) is 0 Å². The van der Waals surface area contributed by atoms with Gasteiger partial charge in [-0.3, -0.25) is 0 Å². The van der Waals surface area contributed by atoms with Crippen LogP contribution in [0.3, 0.4) is 0 Å². The average Bonchev–Trinajstić information content (AvgIpc) is 2.13. The maximum Gasteiger partial charge on any atom is -0.00280 e. The number of fused-ring (bicyclic) bond motifs is 1. The van der Waals surface area contributed by atoms with Gasteiger partial charge in [0.15, 0.2) is 0 Å². The van der Waals surface area contributed by atoms with E-state index >= 15 is 0 Å². The molecule has 2 saturated carbocycles. The Bertz CT molecular complexity index is 192. The summed E-state index contributed by atoms with van der Waals surface area (Å²) in [5.41, 5.74) is 2.69. The largest absolute Gasteiger partial charge is 0.0993 e. The first-order chi connectivity index (χ1) is 4.03. The molecule has 0 aromatic heterocycles. The molecule has 0 aromatic carbocycles. The number of allylic oxidation sites excluding steroid dienone is 1. The van der Waals surface area contributed by atoms with Crippen molar-refractivity contribution in [2.45, 2.75) is 27.2 Å². The molecular weight excluding hydrogens is 108 g/mol. The highest BCUT2D eigenvalue weighted by Crippen LogP contribution is 2.83. The summed E-state index contributed by atoms with van der Waals surface area (Å²) in [7, 11) is 0. The Labute approximate surface area is 57.0 Å². The van der Waals surface area contributed by atoms with Crippen molar-refractivity contribution in [3.8, 4) is 0 Å². The van der Waals surface area contributed by atoms with Gasteiger partial charge in [0.1, 0.15) is 0 Å². The fourth-order valence-electron chi connectivity index (χ4n) is 2.71. The van der Waals surface area contributed by atoms with E-state index in [0.717, 1.165) is 5.92 Å². The highest BCUT2D eigenvalue weighted by Gasteiger charge is 2.76. The van der Waals surface area contributed by atoms with E-state index in [4.69, 9.17) is 0 Å². The van der Waals surface area contributed by atoms with Crippen LogP contribution in [0.25, 0.3) is 0 Å². The van der Waals surface area contributed by atoms with Gasteiger partial charge in [0.05, 0.1) is 0 Å². The normalized spacial score (nSPS) is 62.6. The van der Waals surface area contributed by atoms with E-state index < -0.39 is 0 Å². The van der Waals surface area contributed by atoms with Crippen LogP contribution in [-0.4, -0.2) is 0 Å². The van der Waals surface area contributed by atoms with Crippen molar-refractivity contribution in [1.82, 2.24) is 0 Å². The van der Waals surface area contributed by atoms with Crippen molar-refractivity contribution in [3.05, 3.63) is 12.2 Å². The summed E-state index contributed by atoms with van der Waals surface area (Å²) in [4.78, 5) is 0. The second kappa shape index (κ2) is 1.00. The summed E-state index contributed by atoms with van der Waals surface area (Å²) in [6, 6.07) is 0. The maximum atomic E-state index is 4.05. The summed E-state index contributed by atoms with van der Waals surface area (Å²) < 4.78 is 0. The van der Waals surface area contributed by atoms with Crippen LogP contribution < -0.4 is 0 Å². The van der Waals surface area contributed by atoms with Crippen LogP contribution in [0.2, 0.25) is 0 Å². The van der Waals surface area contributed by atoms with Gasteiger partial charge in [0.25, 0.3) is 0 Å². The van der Waals surface area contributed by atoms with Crippen molar-refractivity contribution in [1.29, 1.82) is 0 Å². The highest BCUT2D eigenvalue weighted by molar-refractivity contribution is 5.42. The molecule has 0 saturated heterocycles. The summed E-state index contributed by atoms with van der Waals surface area (Å²) in [6.45, 7) is 11.1. The minimum atomic E-state index is 0.549. The van der Waals surface area contributed by atoms with E-state index in [1.807, 2.05) is 0 Å². The molecular formula is C9H14. The molecule has 0 aliphatic heterocycles. The molecule has 2 aliphatic carbocycles. The first-order valence-corrected chi connectivity index (χ1v) is 3.72. The van der Waals surface area contributed by atoms with E-state index in [2.05, 4.69) is 27.4 Å². The van der Waals surface area contributed by atoms with Crippen LogP contribution in [0.15, 0.2) is 12.2 Å². The van der Waals surface area contributed by atoms with Crippen molar-refractivity contribution >= 4 is 0 Å². The molecule has 2 aliphatic rings. The van der Waals surface area contributed by atoms with E-state index in [0.29, 0.717) is 10.8 Å². The molecule has 2 rings (SSSR count). The number of rotatable bonds is 0. The minimum Gasteiger partial charge on any atom is -0.0993 e. The van der Waals surface area contributed by atoms with Crippen LogP contribution in [0.5, 0.6) is 0 Å². The van der Waals surface area contributed by atoms with Gasteiger partial charge in [0, 0.05) is 0 Å².